The highest BCUT2D eigenvalue weighted by molar-refractivity contribution is 6.30. The number of halogens is 1. The van der Waals surface area contributed by atoms with Gasteiger partial charge in [-0.25, -0.2) is 0 Å². The van der Waals surface area contributed by atoms with Gasteiger partial charge in [0.15, 0.2) is 0 Å². The van der Waals surface area contributed by atoms with Crippen LogP contribution in [-0.2, 0) is 0 Å². The number of hydrogen-bond acceptors (Lipinski definition) is 2. The van der Waals surface area contributed by atoms with E-state index in [1.165, 1.54) is 0 Å². The first-order valence-corrected chi connectivity index (χ1v) is 5.68. The molecule has 0 heterocycles. The molecule has 1 aromatic carbocycles. The molecule has 0 amide bonds. The van der Waals surface area contributed by atoms with E-state index >= 15 is 0 Å². The third kappa shape index (κ3) is 3.49. The van der Waals surface area contributed by atoms with Crippen LogP contribution in [0.4, 0.5) is 0 Å². The zero-order valence-corrected chi connectivity index (χ0v) is 9.74. The highest BCUT2D eigenvalue weighted by Crippen LogP contribution is 2.25. The maximum absolute atomic E-state index is 9.02. The van der Waals surface area contributed by atoms with Crippen molar-refractivity contribution in [1.82, 2.24) is 0 Å². The quantitative estimate of drug-likeness (QED) is 0.812. The molecule has 0 saturated heterocycles. The molecule has 0 saturated carbocycles. The summed E-state index contributed by atoms with van der Waals surface area (Å²) in [7, 11) is 0. The summed E-state index contributed by atoms with van der Waals surface area (Å²) in [5, 5.41) is 9.74. The highest BCUT2D eigenvalue weighted by atomic mass is 35.5. The van der Waals surface area contributed by atoms with Crippen LogP contribution in [0.5, 0.6) is 0 Å². The Morgan fingerprint density at radius 3 is 2.40 bits per heavy atom. The highest BCUT2D eigenvalue weighted by Gasteiger charge is 2.17. The van der Waals surface area contributed by atoms with Crippen molar-refractivity contribution in [2.45, 2.75) is 31.7 Å². The van der Waals surface area contributed by atoms with Crippen molar-refractivity contribution in [2.75, 3.05) is 6.61 Å². The average molecular weight is 228 g/mol. The van der Waals surface area contributed by atoms with Gasteiger partial charge in [-0.15, -0.1) is 0 Å². The molecule has 0 aromatic heterocycles. The molecule has 0 aliphatic carbocycles. The summed E-state index contributed by atoms with van der Waals surface area (Å²) in [5.74, 6) is 0.220. The standard InChI is InChI=1S/C12H18ClNO/c1-2-12(14)11(7-8-15)9-3-5-10(13)6-4-9/h3-6,11-12,15H,2,7-8,14H2,1H3. The third-order valence-corrected chi connectivity index (χ3v) is 2.98. The van der Waals surface area contributed by atoms with Gasteiger partial charge in [0.1, 0.15) is 0 Å². The smallest absolute Gasteiger partial charge is 0.0437 e. The van der Waals surface area contributed by atoms with Crippen LogP contribution in [0.25, 0.3) is 0 Å². The largest absolute Gasteiger partial charge is 0.396 e. The summed E-state index contributed by atoms with van der Waals surface area (Å²) < 4.78 is 0. The second kappa shape index (κ2) is 6.11. The van der Waals surface area contributed by atoms with Crippen LogP contribution in [-0.4, -0.2) is 17.8 Å². The van der Waals surface area contributed by atoms with Crippen LogP contribution in [0.2, 0.25) is 5.02 Å². The van der Waals surface area contributed by atoms with E-state index in [1.54, 1.807) is 0 Å². The van der Waals surface area contributed by atoms with E-state index in [0.717, 1.165) is 17.0 Å². The van der Waals surface area contributed by atoms with E-state index in [9.17, 15) is 0 Å². The van der Waals surface area contributed by atoms with Crippen LogP contribution in [0.15, 0.2) is 24.3 Å². The van der Waals surface area contributed by atoms with Gasteiger partial charge in [-0.2, -0.15) is 0 Å². The van der Waals surface area contributed by atoms with E-state index in [0.29, 0.717) is 6.42 Å². The molecule has 1 aromatic rings. The maximum Gasteiger partial charge on any atom is 0.0437 e. The first-order chi connectivity index (χ1) is 7.19. The Bertz CT molecular complexity index is 286. The molecular formula is C12H18ClNO. The summed E-state index contributed by atoms with van der Waals surface area (Å²) in [5.41, 5.74) is 7.18. The minimum Gasteiger partial charge on any atom is -0.396 e. The lowest BCUT2D eigenvalue weighted by atomic mass is 9.88. The normalized spacial score (nSPS) is 14.9. The van der Waals surface area contributed by atoms with Gasteiger partial charge >= 0.3 is 0 Å². The number of hydrogen-bond donors (Lipinski definition) is 2. The summed E-state index contributed by atoms with van der Waals surface area (Å²) in [4.78, 5) is 0. The molecule has 0 bridgehead atoms. The van der Waals surface area contributed by atoms with Gasteiger partial charge < -0.3 is 10.8 Å². The molecule has 0 radical (unpaired) electrons. The molecule has 0 fully saturated rings. The Morgan fingerprint density at radius 1 is 1.33 bits per heavy atom. The molecule has 3 N–H and O–H groups in total. The predicted octanol–water partition coefficient (Wildman–Crippen LogP) is 2.54. The number of nitrogens with two attached hydrogens (primary N) is 1. The first-order valence-electron chi connectivity index (χ1n) is 5.31. The summed E-state index contributed by atoms with van der Waals surface area (Å²) in [6, 6.07) is 7.79. The van der Waals surface area contributed by atoms with E-state index in [2.05, 4.69) is 6.92 Å². The molecule has 0 aliphatic heterocycles. The SMILES string of the molecule is CCC(N)C(CCO)c1ccc(Cl)cc1. The van der Waals surface area contributed by atoms with Crippen LogP contribution in [0, 0.1) is 0 Å². The second-order valence-corrected chi connectivity index (χ2v) is 4.18. The number of aliphatic hydroxyl groups is 1. The lowest BCUT2D eigenvalue weighted by Crippen LogP contribution is -2.28. The molecule has 2 nitrogen and oxygen atoms in total. The monoisotopic (exact) mass is 227 g/mol. The van der Waals surface area contributed by atoms with Gasteiger partial charge in [0.2, 0.25) is 0 Å². The topological polar surface area (TPSA) is 46.2 Å². The van der Waals surface area contributed by atoms with Crippen molar-refractivity contribution in [3.63, 3.8) is 0 Å². The molecule has 1 rings (SSSR count). The van der Waals surface area contributed by atoms with Crippen LogP contribution in [0.3, 0.4) is 0 Å². The fourth-order valence-corrected chi connectivity index (χ4v) is 1.89. The lowest BCUT2D eigenvalue weighted by Gasteiger charge is -2.22. The summed E-state index contributed by atoms with van der Waals surface area (Å²) in [6.07, 6.45) is 1.62. The van der Waals surface area contributed by atoms with E-state index < -0.39 is 0 Å². The van der Waals surface area contributed by atoms with E-state index in [1.807, 2.05) is 24.3 Å². The minimum absolute atomic E-state index is 0.0957. The summed E-state index contributed by atoms with van der Waals surface area (Å²) in [6.45, 7) is 2.23. The van der Waals surface area contributed by atoms with Crippen LogP contribution < -0.4 is 5.73 Å². The molecule has 0 aliphatic rings. The Balaban J connectivity index is 2.83. The third-order valence-electron chi connectivity index (χ3n) is 2.73. The van der Waals surface area contributed by atoms with Crippen LogP contribution in [0.1, 0.15) is 31.2 Å². The van der Waals surface area contributed by atoms with Gasteiger partial charge in [-0.1, -0.05) is 30.7 Å². The second-order valence-electron chi connectivity index (χ2n) is 3.74. The van der Waals surface area contributed by atoms with E-state index in [-0.39, 0.29) is 18.6 Å². The average Bonchev–Trinajstić information content (AvgIpc) is 2.26. The maximum atomic E-state index is 9.02. The van der Waals surface area contributed by atoms with Crippen molar-refractivity contribution in [2.24, 2.45) is 5.73 Å². The molecule has 0 spiro atoms. The molecule has 15 heavy (non-hydrogen) atoms. The molecular weight excluding hydrogens is 210 g/mol. The van der Waals surface area contributed by atoms with Crippen molar-refractivity contribution >= 4 is 11.6 Å². The molecule has 2 unspecified atom stereocenters. The minimum atomic E-state index is 0.0957. The zero-order chi connectivity index (χ0) is 11.3. The summed E-state index contributed by atoms with van der Waals surface area (Å²) >= 11 is 5.83. The van der Waals surface area contributed by atoms with Gasteiger partial charge in [-0.3, -0.25) is 0 Å². The fourth-order valence-electron chi connectivity index (χ4n) is 1.76. The Kier molecular flexibility index (Phi) is 5.09. The van der Waals surface area contributed by atoms with Crippen molar-refractivity contribution in [3.05, 3.63) is 34.9 Å². The molecule has 3 heteroatoms. The number of rotatable bonds is 5. The van der Waals surface area contributed by atoms with Gasteiger partial charge in [0.25, 0.3) is 0 Å². The molecule has 2 atom stereocenters. The Morgan fingerprint density at radius 2 is 1.93 bits per heavy atom. The Hall–Kier alpha value is -0.570. The number of benzene rings is 1. The number of aliphatic hydroxyl groups excluding tert-OH is 1. The van der Waals surface area contributed by atoms with Crippen LogP contribution >= 0.6 is 11.6 Å². The first kappa shape index (κ1) is 12.5. The molecule has 84 valence electrons. The Labute approximate surface area is 96.1 Å². The van der Waals surface area contributed by atoms with Gasteiger partial charge in [0.05, 0.1) is 0 Å². The van der Waals surface area contributed by atoms with Crippen molar-refractivity contribution in [1.29, 1.82) is 0 Å². The van der Waals surface area contributed by atoms with Gasteiger partial charge in [-0.05, 0) is 30.5 Å². The predicted molar refractivity (Wildman–Crippen MR) is 64.2 cm³/mol. The van der Waals surface area contributed by atoms with E-state index in [4.69, 9.17) is 22.4 Å². The van der Waals surface area contributed by atoms with Crippen molar-refractivity contribution in [3.8, 4) is 0 Å². The lowest BCUT2D eigenvalue weighted by molar-refractivity contribution is 0.266. The van der Waals surface area contributed by atoms with Gasteiger partial charge in [0, 0.05) is 23.6 Å². The van der Waals surface area contributed by atoms with Crippen molar-refractivity contribution < 1.29 is 5.11 Å². The fraction of sp³-hybridized carbons (Fsp3) is 0.500. The zero-order valence-electron chi connectivity index (χ0n) is 8.99.